The first-order chi connectivity index (χ1) is 10.2. The summed E-state index contributed by atoms with van der Waals surface area (Å²) in [6, 6.07) is 7.76. The van der Waals surface area contributed by atoms with E-state index in [-0.39, 0.29) is 6.04 Å². The fourth-order valence-electron chi connectivity index (χ4n) is 2.15. The van der Waals surface area contributed by atoms with Crippen LogP contribution in [0.2, 0.25) is 5.02 Å². The molecule has 2 rings (SSSR count). The van der Waals surface area contributed by atoms with Crippen LogP contribution < -0.4 is 10.1 Å². The van der Waals surface area contributed by atoms with Crippen molar-refractivity contribution in [1.29, 1.82) is 0 Å². The summed E-state index contributed by atoms with van der Waals surface area (Å²) in [7, 11) is 1.93. The molecule has 0 fully saturated rings. The number of nitrogens with one attached hydrogen (secondary N) is 1. The van der Waals surface area contributed by atoms with Gasteiger partial charge < -0.3 is 10.1 Å². The first-order valence-electron chi connectivity index (χ1n) is 7.26. The number of hydrogen-bond donors (Lipinski definition) is 1. The Hall–Kier alpha value is -1.52. The Bertz CT molecular complexity index is 556. The Labute approximate surface area is 131 Å². The third kappa shape index (κ3) is 5.40. The molecule has 1 N–H and O–H groups in total. The van der Waals surface area contributed by atoms with Crippen LogP contribution in [0.1, 0.15) is 18.9 Å². The van der Waals surface area contributed by atoms with Gasteiger partial charge in [0, 0.05) is 24.3 Å². The van der Waals surface area contributed by atoms with Crippen LogP contribution in [0.3, 0.4) is 0 Å². The number of nitrogens with zero attached hydrogens (tertiary/aromatic N) is 2. The number of rotatable bonds is 8. The average molecular weight is 308 g/mol. The molecule has 0 radical (unpaired) electrons. The van der Waals surface area contributed by atoms with Gasteiger partial charge in [-0.3, -0.25) is 4.68 Å². The van der Waals surface area contributed by atoms with Crippen LogP contribution in [0.15, 0.2) is 36.7 Å². The SMILES string of the molecule is CCCNC(COc1cccc(Cl)c1)Cc1cnn(C)c1. The van der Waals surface area contributed by atoms with Gasteiger partial charge in [0.05, 0.1) is 6.20 Å². The Morgan fingerprint density at radius 3 is 2.95 bits per heavy atom. The van der Waals surface area contributed by atoms with Crippen molar-refractivity contribution >= 4 is 11.6 Å². The molecule has 0 aliphatic carbocycles. The molecule has 1 unspecified atom stereocenters. The molecular weight excluding hydrogens is 286 g/mol. The molecule has 0 bridgehead atoms. The van der Waals surface area contributed by atoms with Gasteiger partial charge in [0.15, 0.2) is 0 Å². The topological polar surface area (TPSA) is 39.1 Å². The van der Waals surface area contributed by atoms with Gasteiger partial charge in [0.1, 0.15) is 12.4 Å². The van der Waals surface area contributed by atoms with Crippen LogP contribution in [0.25, 0.3) is 0 Å². The summed E-state index contributed by atoms with van der Waals surface area (Å²) in [6.07, 6.45) is 5.94. The maximum Gasteiger partial charge on any atom is 0.120 e. The Morgan fingerprint density at radius 2 is 2.29 bits per heavy atom. The molecule has 0 saturated carbocycles. The van der Waals surface area contributed by atoms with E-state index >= 15 is 0 Å². The summed E-state index contributed by atoms with van der Waals surface area (Å²) in [4.78, 5) is 0. The average Bonchev–Trinajstić information content (AvgIpc) is 2.87. The molecular formula is C16H22ClN3O. The van der Waals surface area contributed by atoms with E-state index in [0.717, 1.165) is 25.1 Å². The van der Waals surface area contributed by atoms with Gasteiger partial charge in [-0.15, -0.1) is 0 Å². The predicted octanol–water partition coefficient (Wildman–Crippen LogP) is 3.06. The quantitative estimate of drug-likeness (QED) is 0.814. The van der Waals surface area contributed by atoms with E-state index in [0.29, 0.717) is 11.6 Å². The molecule has 0 aliphatic rings. The first-order valence-corrected chi connectivity index (χ1v) is 7.64. The van der Waals surface area contributed by atoms with E-state index in [1.54, 1.807) is 0 Å². The van der Waals surface area contributed by atoms with E-state index in [9.17, 15) is 0 Å². The minimum atomic E-state index is 0.258. The summed E-state index contributed by atoms with van der Waals surface area (Å²) >= 11 is 5.97. The molecule has 114 valence electrons. The summed E-state index contributed by atoms with van der Waals surface area (Å²) in [5, 5.41) is 8.42. The lowest BCUT2D eigenvalue weighted by atomic mass is 10.1. The summed E-state index contributed by atoms with van der Waals surface area (Å²) in [5.74, 6) is 0.803. The summed E-state index contributed by atoms with van der Waals surface area (Å²) in [6.45, 7) is 3.74. The van der Waals surface area contributed by atoms with Crippen molar-refractivity contribution in [2.75, 3.05) is 13.2 Å². The zero-order valence-corrected chi connectivity index (χ0v) is 13.3. The molecule has 4 nitrogen and oxygen atoms in total. The van der Waals surface area contributed by atoms with Gasteiger partial charge in [-0.25, -0.2) is 0 Å². The maximum absolute atomic E-state index is 5.97. The summed E-state index contributed by atoms with van der Waals surface area (Å²) in [5.41, 5.74) is 1.21. The van der Waals surface area contributed by atoms with E-state index in [1.165, 1.54) is 5.56 Å². The highest BCUT2D eigenvalue weighted by Gasteiger charge is 2.11. The highest BCUT2D eigenvalue weighted by molar-refractivity contribution is 6.30. The van der Waals surface area contributed by atoms with Gasteiger partial charge in [0.2, 0.25) is 0 Å². The highest BCUT2D eigenvalue weighted by Crippen LogP contribution is 2.17. The molecule has 1 aromatic carbocycles. The van der Waals surface area contributed by atoms with Crippen molar-refractivity contribution in [1.82, 2.24) is 15.1 Å². The monoisotopic (exact) mass is 307 g/mol. The number of aromatic nitrogens is 2. The second-order valence-electron chi connectivity index (χ2n) is 5.15. The van der Waals surface area contributed by atoms with Crippen LogP contribution >= 0.6 is 11.6 Å². The van der Waals surface area contributed by atoms with E-state index in [4.69, 9.17) is 16.3 Å². The fourth-order valence-corrected chi connectivity index (χ4v) is 2.33. The molecule has 21 heavy (non-hydrogen) atoms. The smallest absolute Gasteiger partial charge is 0.120 e. The molecule has 0 aliphatic heterocycles. The van der Waals surface area contributed by atoms with Crippen molar-refractivity contribution in [2.24, 2.45) is 7.05 Å². The fraction of sp³-hybridized carbons (Fsp3) is 0.438. The Kier molecular flexibility index (Phi) is 6.08. The Morgan fingerprint density at radius 1 is 1.43 bits per heavy atom. The lowest BCUT2D eigenvalue weighted by Crippen LogP contribution is -2.37. The number of benzene rings is 1. The van der Waals surface area contributed by atoms with E-state index in [2.05, 4.69) is 17.3 Å². The first kappa shape index (κ1) is 15.9. The molecule has 0 spiro atoms. The zero-order valence-electron chi connectivity index (χ0n) is 12.6. The lowest BCUT2D eigenvalue weighted by Gasteiger charge is -2.18. The number of ether oxygens (including phenoxy) is 1. The second kappa shape index (κ2) is 8.05. The predicted molar refractivity (Wildman–Crippen MR) is 85.9 cm³/mol. The normalized spacial score (nSPS) is 12.3. The van der Waals surface area contributed by atoms with Crippen molar-refractivity contribution < 1.29 is 4.74 Å². The minimum absolute atomic E-state index is 0.258. The second-order valence-corrected chi connectivity index (χ2v) is 5.58. The van der Waals surface area contributed by atoms with Gasteiger partial charge in [-0.2, -0.15) is 5.10 Å². The third-order valence-corrected chi connectivity index (χ3v) is 3.41. The molecule has 0 saturated heterocycles. The lowest BCUT2D eigenvalue weighted by molar-refractivity contribution is 0.263. The van der Waals surface area contributed by atoms with Crippen LogP contribution in [0.5, 0.6) is 5.75 Å². The molecule has 1 aromatic heterocycles. The van der Waals surface area contributed by atoms with Crippen molar-refractivity contribution in [3.63, 3.8) is 0 Å². The van der Waals surface area contributed by atoms with Crippen molar-refractivity contribution in [2.45, 2.75) is 25.8 Å². The zero-order chi connectivity index (χ0) is 15.1. The van der Waals surface area contributed by atoms with Gasteiger partial charge in [0.25, 0.3) is 0 Å². The number of halogens is 1. The molecule has 1 atom stereocenters. The van der Waals surface area contributed by atoms with Crippen LogP contribution in [-0.4, -0.2) is 29.0 Å². The largest absolute Gasteiger partial charge is 0.492 e. The van der Waals surface area contributed by atoms with Crippen LogP contribution in [-0.2, 0) is 13.5 Å². The number of aryl methyl sites for hydroxylation is 1. The standard InChI is InChI=1S/C16H22ClN3O/c1-3-7-18-15(8-13-10-19-20(2)11-13)12-21-16-6-4-5-14(17)9-16/h4-6,9-11,15,18H,3,7-8,12H2,1-2H3. The van der Waals surface area contributed by atoms with Crippen molar-refractivity contribution in [3.8, 4) is 5.75 Å². The third-order valence-electron chi connectivity index (χ3n) is 3.17. The van der Waals surface area contributed by atoms with E-state index in [1.807, 2.05) is 48.4 Å². The Balaban J connectivity index is 1.92. The van der Waals surface area contributed by atoms with Crippen LogP contribution in [0.4, 0.5) is 0 Å². The maximum atomic E-state index is 5.97. The van der Waals surface area contributed by atoms with Crippen LogP contribution in [0, 0.1) is 0 Å². The van der Waals surface area contributed by atoms with Crippen molar-refractivity contribution in [3.05, 3.63) is 47.2 Å². The van der Waals surface area contributed by atoms with E-state index < -0.39 is 0 Å². The number of hydrogen-bond acceptors (Lipinski definition) is 3. The van der Waals surface area contributed by atoms with Gasteiger partial charge in [-0.05, 0) is 43.1 Å². The highest BCUT2D eigenvalue weighted by atomic mass is 35.5. The minimum Gasteiger partial charge on any atom is -0.492 e. The van der Waals surface area contributed by atoms with Gasteiger partial charge in [-0.1, -0.05) is 24.6 Å². The molecule has 2 aromatic rings. The summed E-state index contributed by atoms with van der Waals surface area (Å²) < 4.78 is 7.67. The molecule has 5 heteroatoms. The van der Waals surface area contributed by atoms with Gasteiger partial charge >= 0.3 is 0 Å². The molecule has 0 amide bonds. The molecule has 1 heterocycles.